The van der Waals surface area contributed by atoms with Crippen molar-refractivity contribution in [1.29, 1.82) is 0 Å². The van der Waals surface area contributed by atoms with E-state index in [4.69, 9.17) is 5.73 Å². The highest BCUT2D eigenvalue weighted by atomic mass is 16.2. The molecule has 1 atom stereocenters. The maximum Gasteiger partial charge on any atom is 0.227 e. The van der Waals surface area contributed by atoms with E-state index in [9.17, 15) is 4.79 Å². The number of carbonyl (C=O) groups is 1. The Kier molecular flexibility index (Phi) is 5.01. The topological polar surface area (TPSA) is 46.3 Å². The van der Waals surface area contributed by atoms with Crippen molar-refractivity contribution >= 4 is 17.3 Å². The Morgan fingerprint density at radius 1 is 1.29 bits per heavy atom. The molecule has 2 N–H and O–H groups in total. The molecule has 1 unspecified atom stereocenters. The van der Waals surface area contributed by atoms with E-state index in [1.807, 2.05) is 36.1 Å². The van der Waals surface area contributed by atoms with Crippen LogP contribution in [0.15, 0.2) is 24.3 Å². The summed E-state index contributed by atoms with van der Waals surface area (Å²) in [5.41, 5.74) is 7.29. The summed E-state index contributed by atoms with van der Waals surface area (Å²) in [5.74, 6) is 0.622. The van der Waals surface area contributed by atoms with Gasteiger partial charge in [0.05, 0.1) is 0 Å². The fourth-order valence-corrected chi connectivity index (χ4v) is 1.71. The van der Waals surface area contributed by atoms with E-state index < -0.39 is 0 Å². The summed E-state index contributed by atoms with van der Waals surface area (Å²) in [7, 11) is 0. The fourth-order valence-electron chi connectivity index (χ4n) is 1.71. The number of nitrogens with two attached hydrogens (primary N) is 1. The Morgan fingerprint density at radius 3 is 2.35 bits per heavy atom. The predicted octanol–water partition coefficient (Wildman–Crippen LogP) is 3.06. The molecular formula is C14H22N2O. The third-order valence-corrected chi connectivity index (χ3v) is 3.04. The molecule has 1 aromatic rings. The van der Waals surface area contributed by atoms with E-state index in [0.717, 1.165) is 17.8 Å². The molecule has 0 bridgehead atoms. The van der Waals surface area contributed by atoms with Crippen LogP contribution in [-0.4, -0.2) is 12.5 Å². The average Bonchev–Trinajstić information content (AvgIpc) is 2.32. The largest absolute Gasteiger partial charge is 0.399 e. The number of hydrogen-bond donors (Lipinski definition) is 1. The van der Waals surface area contributed by atoms with Crippen LogP contribution in [0.4, 0.5) is 11.4 Å². The zero-order valence-corrected chi connectivity index (χ0v) is 10.9. The summed E-state index contributed by atoms with van der Waals surface area (Å²) in [5, 5.41) is 0. The highest BCUT2D eigenvalue weighted by Crippen LogP contribution is 2.19. The summed E-state index contributed by atoms with van der Waals surface area (Å²) in [6.07, 6.45) is 1.64. The molecule has 94 valence electrons. The lowest BCUT2D eigenvalue weighted by molar-refractivity contribution is -0.119. The van der Waals surface area contributed by atoms with Gasteiger partial charge in [-0.2, -0.15) is 0 Å². The second-order valence-corrected chi connectivity index (χ2v) is 4.45. The van der Waals surface area contributed by atoms with Crippen LogP contribution in [0.25, 0.3) is 0 Å². The molecule has 0 radical (unpaired) electrons. The number of nitrogens with zero attached hydrogens (tertiary/aromatic N) is 1. The highest BCUT2D eigenvalue weighted by molar-refractivity contribution is 5.93. The lowest BCUT2D eigenvalue weighted by atomic mass is 10.0. The second kappa shape index (κ2) is 6.28. The van der Waals surface area contributed by atoms with Crippen molar-refractivity contribution in [2.75, 3.05) is 17.2 Å². The SMILES string of the molecule is CCC(C)CC(=O)N(CC)c1ccc(N)cc1. The number of hydrogen-bond acceptors (Lipinski definition) is 2. The van der Waals surface area contributed by atoms with E-state index >= 15 is 0 Å². The third kappa shape index (κ3) is 3.77. The molecule has 0 aromatic heterocycles. The minimum Gasteiger partial charge on any atom is -0.399 e. The van der Waals surface area contributed by atoms with Crippen LogP contribution in [0.5, 0.6) is 0 Å². The van der Waals surface area contributed by atoms with Gasteiger partial charge in [-0.1, -0.05) is 20.3 Å². The van der Waals surface area contributed by atoms with Gasteiger partial charge < -0.3 is 10.6 Å². The van der Waals surface area contributed by atoms with Gasteiger partial charge in [0, 0.05) is 24.3 Å². The van der Waals surface area contributed by atoms with Crippen LogP contribution in [0, 0.1) is 5.92 Å². The summed E-state index contributed by atoms with van der Waals surface area (Å²) >= 11 is 0. The Labute approximate surface area is 104 Å². The van der Waals surface area contributed by atoms with Crippen molar-refractivity contribution in [3.05, 3.63) is 24.3 Å². The molecule has 0 fully saturated rings. The molecule has 0 saturated carbocycles. The van der Waals surface area contributed by atoms with Crippen LogP contribution in [0.3, 0.4) is 0 Å². The van der Waals surface area contributed by atoms with Gasteiger partial charge in [0.25, 0.3) is 0 Å². The lowest BCUT2D eigenvalue weighted by Crippen LogP contribution is -2.31. The first kappa shape index (κ1) is 13.6. The van der Waals surface area contributed by atoms with Crippen molar-refractivity contribution in [2.24, 2.45) is 5.92 Å². The summed E-state index contributed by atoms with van der Waals surface area (Å²) in [4.78, 5) is 13.9. The molecule has 1 amide bonds. The van der Waals surface area contributed by atoms with Crippen LogP contribution in [0.2, 0.25) is 0 Å². The number of amides is 1. The normalized spacial score (nSPS) is 12.2. The zero-order chi connectivity index (χ0) is 12.8. The lowest BCUT2D eigenvalue weighted by Gasteiger charge is -2.22. The van der Waals surface area contributed by atoms with Gasteiger partial charge in [0.2, 0.25) is 5.91 Å². The summed E-state index contributed by atoms with van der Waals surface area (Å²) in [6, 6.07) is 7.45. The van der Waals surface area contributed by atoms with Crippen LogP contribution in [0.1, 0.15) is 33.6 Å². The molecule has 3 heteroatoms. The van der Waals surface area contributed by atoms with Gasteiger partial charge in [-0.05, 0) is 37.1 Å². The summed E-state index contributed by atoms with van der Waals surface area (Å²) < 4.78 is 0. The van der Waals surface area contributed by atoms with E-state index in [1.54, 1.807) is 0 Å². The van der Waals surface area contributed by atoms with Crippen LogP contribution in [-0.2, 0) is 4.79 Å². The molecule has 1 aromatic carbocycles. The maximum absolute atomic E-state index is 12.1. The number of carbonyl (C=O) groups excluding carboxylic acids is 1. The number of benzene rings is 1. The zero-order valence-electron chi connectivity index (χ0n) is 10.9. The van der Waals surface area contributed by atoms with Gasteiger partial charge >= 0.3 is 0 Å². The molecule has 0 heterocycles. The molecule has 1 rings (SSSR count). The smallest absolute Gasteiger partial charge is 0.227 e. The first-order valence-corrected chi connectivity index (χ1v) is 6.24. The monoisotopic (exact) mass is 234 g/mol. The summed E-state index contributed by atoms with van der Waals surface area (Å²) in [6.45, 7) is 6.90. The number of nitrogen functional groups attached to an aromatic ring is 1. The Hall–Kier alpha value is -1.51. The Morgan fingerprint density at radius 2 is 1.88 bits per heavy atom. The maximum atomic E-state index is 12.1. The number of anilines is 2. The minimum absolute atomic E-state index is 0.187. The highest BCUT2D eigenvalue weighted by Gasteiger charge is 2.15. The molecule has 0 aliphatic carbocycles. The van der Waals surface area contributed by atoms with Crippen LogP contribution < -0.4 is 10.6 Å². The second-order valence-electron chi connectivity index (χ2n) is 4.45. The van der Waals surface area contributed by atoms with Crippen LogP contribution >= 0.6 is 0 Å². The van der Waals surface area contributed by atoms with Gasteiger partial charge in [0.15, 0.2) is 0 Å². The third-order valence-electron chi connectivity index (χ3n) is 3.04. The molecule has 0 spiro atoms. The first-order valence-electron chi connectivity index (χ1n) is 6.24. The predicted molar refractivity (Wildman–Crippen MR) is 73.0 cm³/mol. The minimum atomic E-state index is 0.187. The molecule has 0 aliphatic heterocycles. The van der Waals surface area contributed by atoms with Crippen molar-refractivity contribution in [3.8, 4) is 0 Å². The molecule has 0 aliphatic rings. The van der Waals surface area contributed by atoms with E-state index in [1.165, 1.54) is 0 Å². The molecule has 3 nitrogen and oxygen atoms in total. The van der Waals surface area contributed by atoms with Gasteiger partial charge in [-0.15, -0.1) is 0 Å². The van der Waals surface area contributed by atoms with Gasteiger partial charge in [-0.25, -0.2) is 0 Å². The van der Waals surface area contributed by atoms with Gasteiger partial charge in [-0.3, -0.25) is 4.79 Å². The molecular weight excluding hydrogens is 212 g/mol. The first-order chi connectivity index (χ1) is 8.08. The molecule has 0 saturated heterocycles. The fraction of sp³-hybridized carbons (Fsp3) is 0.500. The molecule has 17 heavy (non-hydrogen) atoms. The van der Waals surface area contributed by atoms with Gasteiger partial charge in [0.1, 0.15) is 0 Å². The van der Waals surface area contributed by atoms with E-state index in [2.05, 4.69) is 13.8 Å². The van der Waals surface area contributed by atoms with Crippen molar-refractivity contribution < 1.29 is 4.79 Å². The Bertz CT molecular complexity index is 359. The quantitative estimate of drug-likeness (QED) is 0.796. The van der Waals surface area contributed by atoms with E-state index in [-0.39, 0.29) is 5.91 Å². The van der Waals surface area contributed by atoms with Crippen molar-refractivity contribution in [1.82, 2.24) is 0 Å². The average molecular weight is 234 g/mol. The van der Waals surface area contributed by atoms with E-state index in [0.29, 0.717) is 18.9 Å². The number of rotatable bonds is 5. The van der Waals surface area contributed by atoms with Crippen molar-refractivity contribution in [2.45, 2.75) is 33.6 Å². The standard InChI is InChI=1S/C14H22N2O/c1-4-11(3)10-14(17)16(5-2)13-8-6-12(15)7-9-13/h6-9,11H,4-5,10,15H2,1-3H3. The van der Waals surface area contributed by atoms with Crippen molar-refractivity contribution in [3.63, 3.8) is 0 Å². The Balaban J connectivity index is 2.77.